The number of hydrogen-bond donors (Lipinski definition) is 2. The number of aromatic carboxylic acids is 1. The van der Waals surface area contributed by atoms with Crippen LogP contribution in [0.3, 0.4) is 0 Å². The molecule has 0 aliphatic carbocycles. The molecule has 0 saturated carbocycles. The van der Waals surface area contributed by atoms with Gasteiger partial charge in [0.05, 0.1) is 27.4 Å². The van der Waals surface area contributed by atoms with Gasteiger partial charge in [0.25, 0.3) is 5.91 Å². The summed E-state index contributed by atoms with van der Waals surface area (Å²) >= 11 is 11.9. The molecule has 0 aliphatic rings. The van der Waals surface area contributed by atoms with Crippen LogP contribution < -0.4 is 10.1 Å². The first-order chi connectivity index (χ1) is 11.8. The Bertz CT molecular complexity index is 808. The van der Waals surface area contributed by atoms with Crippen LogP contribution in [0.1, 0.15) is 41.0 Å². The molecule has 0 saturated heterocycles. The highest BCUT2D eigenvalue weighted by Crippen LogP contribution is 2.30. The van der Waals surface area contributed by atoms with Gasteiger partial charge in [0.1, 0.15) is 5.75 Å². The van der Waals surface area contributed by atoms with Crippen LogP contribution in [0.2, 0.25) is 10.0 Å². The molecular weight excluding hydrogens is 365 g/mol. The van der Waals surface area contributed by atoms with Crippen LogP contribution in [0.4, 0.5) is 5.69 Å². The van der Waals surface area contributed by atoms with Gasteiger partial charge in [0.15, 0.2) is 0 Å². The topological polar surface area (TPSA) is 75.6 Å². The van der Waals surface area contributed by atoms with Gasteiger partial charge in [0, 0.05) is 5.56 Å². The van der Waals surface area contributed by atoms with Crippen LogP contribution in [0.25, 0.3) is 0 Å². The zero-order valence-corrected chi connectivity index (χ0v) is 15.2. The first-order valence-electron chi connectivity index (χ1n) is 7.62. The highest BCUT2D eigenvalue weighted by Gasteiger charge is 2.16. The lowest BCUT2D eigenvalue weighted by molar-refractivity contribution is 0.0696. The number of hydrogen-bond acceptors (Lipinski definition) is 3. The molecule has 1 atom stereocenters. The Kier molecular flexibility index (Phi) is 6.28. The van der Waals surface area contributed by atoms with Gasteiger partial charge in [-0.15, -0.1) is 0 Å². The van der Waals surface area contributed by atoms with E-state index in [4.69, 9.17) is 33.0 Å². The van der Waals surface area contributed by atoms with Crippen molar-refractivity contribution < 1.29 is 19.4 Å². The minimum Gasteiger partial charge on any atom is -0.491 e. The van der Waals surface area contributed by atoms with Gasteiger partial charge in [-0.2, -0.15) is 0 Å². The molecule has 0 radical (unpaired) electrons. The second kappa shape index (κ2) is 8.23. The Morgan fingerprint density at radius 2 is 1.92 bits per heavy atom. The Morgan fingerprint density at radius 1 is 1.20 bits per heavy atom. The Hall–Kier alpha value is -2.24. The van der Waals surface area contributed by atoms with Crippen molar-refractivity contribution in [2.45, 2.75) is 26.4 Å². The fraction of sp³-hybridized carbons (Fsp3) is 0.222. The van der Waals surface area contributed by atoms with Crippen molar-refractivity contribution >= 4 is 40.8 Å². The van der Waals surface area contributed by atoms with Gasteiger partial charge >= 0.3 is 5.97 Å². The summed E-state index contributed by atoms with van der Waals surface area (Å²) < 4.78 is 5.69. The van der Waals surface area contributed by atoms with Crippen molar-refractivity contribution in [1.29, 1.82) is 0 Å². The molecule has 0 unspecified atom stereocenters. The van der Waals surface area contributed by atoms with Crippen LogP contribution in [-0.4, -0.2) is 23.1 Å². The third-order valence-electron chi connectivity index (χ3n) is 3.54. The van der Waals surface area contributed by atoms with Gasteiger partial charge in [0.2, 0.25) is 0 Å². The van der Waals surface area contributed by atoms with Crippen molar-refractivity contribution in [2.24, 2.45) is 0 Å². The van der Waals surface area contributed by atoms with Crippen LogP contribution in [0.5, 0.6) is 5.75 Å². The summed E-state index contributed by atoms with van der Waals surface area (Å²) in [5.74, 6) is -1.06. The molecule has 2 N–H and O–H groups in total. The molecule has 0 bridgehead atoms. The minimum atomic E-state index is -1.21. The van der Waals surface area contributed by atoms with E-state index in [-0.39, 0.29) is 27.4 Å². The quantitative estimate of drug-likeness (QED) is 0.727. The summed E-state index contributed by atoms with van der Waals surface area (Å²) in [7, 11) is 0. The van der Waals surface area contributed by atoms with E-state index in [1.807, 2.05) is 13.8 Å². The number of carbonyl (C=O) groups excluding carboxylic acids is 1. The number of halogens is 2. The lowest BCUT2D eigenvalue weighted by atomic mass is 10.1. The zero-order chi connectivity index (χ0) is 18.6. The molecule has 0 heterocycles. The minimum absolute atomic E-state index is 0.000510. The maximum atomic E-state index is 12.4. The molecule has 0 fully saturated rings. The van der Waals surface area contributed by atoms with E-state index in [2.05, 4.69) is 5.32 Å². The zero-order valence-electron chi connectivity index (χ0n) is 13.7. The van der Waals surface area contributed by atoms with Gasteiger partial charge in [-0.1, -0.05) is 36.2 Å². The molecule has 132 valence electrons. The van der Waals surface area contributed by atoms with Crippen LogP contribution in [0, 0.1) is 0 Å². The molecule has 0 spiro atoms. The van der Waals surface area contributed by atoms with E-state index >= 15 is 0 Å². The largest absolute Gasteiger partial charge is 0.491 e. The lowest BCUT2D eigenvalue weighted by Gasteiger charge is -2.14. The van der Waals surface area contributed by atoms with E-state index in [9.17, 15) is 9.59 Å². The molecule has 2 aromatic rings. The highest BCUT2D eigenvalue weighted by molar-refractivity contribution is 6.38. The summed E-state index contributed by atoms with van der Waals surface area (Å²) in [6.07, 6.45) is 0.872. The van der Waals surface area contributed by atoms with E-state index in [0.717, 1.165) is 6.42 Å². The second-order valence-electron chi connectivity index (χ2n) is 5.44. The van der Waals surface area contributed by atoms with Crippen molar-refractivity contribution in [3.05, 3.63) is 57.6 Å². The normalized spacial score (nSPS) is 11.7. The molecular formula is C18H17Cl2NO4. The van der Waals surface area contributed by atoms with E-state index < -0.39 is 11.9 Å². The van der Waals surface area contributed by atoms with Gasteiger partial charge in [-0.05, 0) is 43.7 Å². The number of amides is 1. The van der Waals surface area contributed by atoms with Crippen LogP contribution in [-0.2, 0) is 0 Å². The summed E-state index contributed by atoms with van der Waals surface area (Å²) in [5, 5.41) is 11.9. The Labute approximate surface area is 155 Å². The summed E-state index contributed by atoms with van der Waals surface area (Å²) in [5.41, 5.74) is 0.389. The smallest absolute Gasteiger partial charge is 0.337 e. The molecule has 1 amide bonds. The van der Waals surface area contributed by atoms with Crippen LogP contribution >= 0.6 is 23.2 Å². The van der Waals surface area contributed by atoms with Crippen molar-refractivity contribution in [2.75, 3.05) is 5.32 Å². The van der Waals surface area contributed by atoms with Crippen molar-refractivity contribution in [3.63, 3.8) is 0 Å². The molecule has 25 heavy (non-hydrogen) atoms. The van der Waals surface area contributed by atoms with E-state index in [1.54, 1.807) is 24.3 Å². The number of carboxylic acid groups (broad SMARTS) is 1. The maximum Gasteiger partial charge on any atom is 0.337 e. The third kappa shape index (κ3) is 4.87. The number of carbonyl (C=O) groups is 2. The number of carboxylic acids is 1. The number of ether oxygens (including phenoxy) is 1. The van der Waals surface area contributed by atoms with Crippen molar-refractivity contribution in [1.82, 2.24) is 0 Å². The SMILES string of the molecule is CC[C@@H](C)Oc1cccc(C(=O)Nc2cc(C(=O)O)c(Cl)cc2Cl)c1. The fourth-order valence-electron chi connectivity index (χ4n) is 2.03. The van der Waals surface area contributed by atoms with Gasteiger partial charge in [-0.25, -0.2) is 4.79 Å². The second-order valence-corrected chi connectivity index (χ2v) is 6.25. The molecule has 0 aromatic heterocycles. The third-order valence-corrected chi connectivity index (χ3v) is 4.17. The van der Waals surface area contributed by atoms with E-state index in [1.165, 1.54) is 12.1 Å². The lowest BCUT2D eigenvalue weighted by Crippen LogP contribution is -2.14. The van der Waals surface area contributed by atoms with Crippen molar-refractivity contribution in [3.8, 4) is 5.75 Å². The predicted molar refractivity (Wildman–Crippen MR) is 98.2 cm³/mol. The molecule has 5 nitrogen and oxygen atoms in total. The number of nitrogens with one attached hydrogen (secondary N) is 1. The molecule has 2 aromatic carbocycles. The standard InChI is InChI=1S/C18H17Cl2NO4/c1-3-10(2)25-12-6-4-5-11(7-12)17(22)21-16-8-13(18(23)24)14(19)9-15(16)20/h4-10H,3H2,1-2H3,(H,21,22)(H,23,24)/t10-/m1/s1. The molecule has 2 rings (SSSR count). The Balaban J connectivity index is 2.24. The summed E-state index contributed by atoms with van der Waals surface area (Å²) in [6.45, 7) is 3.94. The highest BCUT2D eigenvalue weighted by atomic mass is 35.5. The average molecular weight is 382 g/mol. The monoisotopic (exact) mass is 381 g/mol. The maximum absolute atomic E-state index is 12.4. The molecule has 7 heteroatoms. The summed E-state index contributed by atoms with van der Waals surface area (Å²) in [4.78, 5) is 23.6. The Morgan fingerprint density at radius 3 is 2.56 bits per heavy atom. The molecule has 0 aliphatic heterocycles. The average Bonchev–Trinajstić information content (AvgIpc) is 2.57. The van der Waals surface area contributed by atoms with E-state index in [0.29, 0.717) is 11.3 Å². The van der Waals surface area contributed by atoms with Crippen LogP contribution in [0.15, 0.2) is 36.4 Å². The predicted octanol–water partition coefficient (Wildman–Crippen LogP) is 5.12. The first kappa shape index (κ1) is 19.1. The first-order valence-corrected chi connectivity index (χ1v) is 8.37. The number of rotatable bonds is 6. The van der Waals surface area contributed by atoms with Gasteiger partial charge < -0.3 is 15.2 Å². The number of anilines is 1. The number of benzene rings is 2. The fourth-order valence-corrected chi connectivity index (χ4v) is 2.54. The van der Waals surface area contributed by atoms with Gasteiger partial charge in [-0.3, -0.25) is 4.79 Å². The summed E-state index contributed by atoms with van der Waals surface area (Å²) in [6, 6.07) is 9.22.